The fourth-order valence-corrected chi connectivity index (χ4v) is 4.20. The predicted octanol–water partition coefficient (Wildman–Crippen LogP) is 5.76. The maximum absolute atomic E-state index is 4.86. The van der Waals surface area contributed by atoms with E-state index in [0.717, 1.165) is 16.7 Å². The molecule has 4 aromatic rings. The van der Waals surface area contributed by atoms with E-state index in [-0.39, 0.29) is 0 Å². The van der Waals surface area contributed by atoms with Crippen molar-refractivity contribution < 1.29 is 0 Å². The van der Waals surface area contributed by atoms with Crippen LogP contribution >= 0.6 is 0 Å². The Balaban J connectivity index is 2.27. The molecule has 2 nitrogen and oxygen atoms in total. The third kappa shape index (κ3) is 2.12. The number of rotatable bonds is 2. The van der Waals surface area contributed by atoms with Crippen LogP contribution in [-0.4, -0.2) is 18.0 Å². The number of aromatic amines is 1. The lowest BCUT2D eigenvalue weighted by atomic mass is 10.0. The summed E-state index contributed by atoms with van der Waals surface area (Å²) in [4.78, 5) is 8.34. The van der Waals surface area contributed by atoms with Gasteiger partial charge in [-0.05, 0) is 17.7 Å². The van der Waals surface area contributed by atoms with Crippen molar-refractivity contribution in [1.29, 1.82) is 0 Å². The van der Waals surface area contributed by atoms with Crippen molar-refractivity contribution in [3.05, 3.63) is 60.7 Å². The normalized spacial score (nSPS) is 12.3. The molecule has 0 fully saturated rings. The van der Waals surface area contributed by atoms with Crippen LogP contribution in [0.2, 0.25) is 19.6 Å². The fraction of sp³-hybridized carbons (Fsp3) is 0.150. The van der Waals surface area contributed by atoms with Gasteiger partial charge in [0.1, 0.15) is 5.65 Å². The molecule has 4 rings (SSSR count). The molecule has 0 spiro atoms. The lowest BCUT2D eigenvalue weighted by Crippen LogP contribution is -2.22. The number of nitrogens with one attached hydrogen (secondary N) is 1. The molecule has 0 saturated carbocycles. The van der Waals surface area contributed by atoms with Gasteiger partial charge in [-0.1, -0.05) is 67.8 Å². The van der Waals surface area contributed by atoms with Crippen molar-refractivity contribution in [3.63, 3.8) is 0 Å². The van der Waals surface area contributed by atoms with E-state index in [1.807, 2.05) is 6.07 Å². The first kappa shape index (κ1) is 14.2. The first-order valence-electron chi connectivity index (χ1n) is 7.96. The van der Waals surface area contributed by atoms with Crippen LogP contribution in [0.3, 0.4) is 0 Å². The highest BCUT2D eigenvalue weighted by Gasteiger charge is 2.24. The second kappa shape index (κ2) is 4.80. The van der Waals surface area contributed by atoms with Gasteiger partial charge in [0.2, 0.25) is 0 Å². The third-order valence-corrected chi connectivity index (χ3v) is 6.61. The molecule has 23 heavy (non-hydrogen) atoms. The lowest BCUT2D eigenvalue weighted by molar-refractivity contribution is 1.40. The van der Waals surface area contributed by atoms with Crippen molar-refractivity contribution in [2.24, 2.45) is 0 Å². The molecule has 0 aliphatic rings. The minimum Gasteiger partial charge on any atom is -0.339 e. The van der Waals surface area contributed by atoms with Gasteiger partial charge in [0.05, 0.1) is 13.6 Å². The van der Waals surface area contributed by atoms with Gasteiger partial charge in [0, 0.05) is 21.7 Å². The van der Waals surface area contributed by atoms with Gasteiger partial charge in [-0.15, -0.1) is 0 Å². The number of para-hydroxylation sites is 2. The van der Waals surface area contributed by atoms with Crippen LogP contribution in [0, 0.1) is 0 Å². The Hall–Kier alpha value is -2.39. The third-order valence-electron chi connectivity index (χ3n) is 4.55. The van der Waals surface area contributed by atoms with Crippen molar-refractivity contribution in [2.75, 3.05) is 0 Å². The van der Waals surface area contributed by atoms with Gasteiger partial charge in [-0.2, -0.15) is 0 Å². The molecule has 0 aliphatic heterocycles. The van der Waals surface area contributed by atoms with Gasteiger partial charge in [0.15, 0.2) is 0 Å². The molecule has 0 radical (unpaired) electrons. The number of hydrogen-bond donors (Lipinski definition) is 1. The van der Waals surface area contributed by atoms with Gasteiger partial charge >= 0.3 is 0 Å². The van der Waals surface area contributed by atoms with Crippen LogP contribution in [0.4, 0.5) is 0 Å². The predicted molar refractivity (Wildman–Crippen MR) is 103 cm³/mol. The van der Waals surface area contributed by atoms with Crippen molar-refractivity contribution >= 4 is 46.1 Å². The molecule has 2 aromatic carbocycles. The molecule has 1 N–H and O–H groups in total. The van der Waals surface area contributed by atoms with E-state index in [0.29, 0.717) is 0 Å². The van der Waals surface area contributed by atoms with Gasteiger partial charge in [-0.3, -0.25) is 0 Å². The standard InChI is InChI=1S/C20H20N2Si/c1-13(23(2,3)4)18-14-9-5-7-11-16(14)21-20-19(18)15-10-6-8-12-17(15)22-20/h5-12H,1H2,2-4H3,(H,21,22). The minimum atomic E-state index is -1.53. The lowest BCUT2D eigenvalue weighted by Gasteiger charge is -2.22. The Bertz CT molecular complexity index is 1070. The summed E-state index contributed by atoms with van der Waals surface area (Å²) < 4.78 is 0. The smallest absolute Gasteiger partial charge is 0.139 e. The van der Waals surface area contributed by atoms with Gasteiger partial charge < -0.3 is 4.98 Å². The van der Waals surface area contributed by atoms with E-state index in [2.05, 4.69) is 73.7 Å². The monoisotopic (exact) mass is 316 g/mol. The molecule has 0 saturated heterocycles. The molecule has 0 unspecified atom stereocenters. The zero-order valence-corrected chi connectivity index (χ0v) is 14.8. The maximum Gasteiger partial charge on any atom is 0.139 e. The molecule has 0 aliphatic carbocycles. The number of pyridine rings is 1. The molecular weight excluding hydrogens is 296 g/mol. The number of aromatic nitrogens is 2. The summed E-state index contributed by atoms with van der Waals surface area (Å²) in [5.41, 5.74) is 4.40. The van der Waals surface area contributed by atoms with Crippen LogP contribution in [0.15, 0.2) is 55.1 Å². The second-order valence-electron chi connectivity index (χ2n) is 7.13. The Morgan fingerprint density at radius 1 is 0.957 bits per heavy atom. The number of fused-ring (bicyclic) bond motifs is 4. The van der Waals surface area contributed by atoms with Crippen LogP contribution in [0.5, 0.6) is 0 Å². The first-order valence-corrected chi connectivity index (χ1v) is 11.5. The van der Waals surface area contributed by atoms with E-state index >= 15 is 0 Å². The van der Waals surface area contributed by atoms with E-state index in [1.54, 1.807) is 0 Å². The van der Waals surface area contributed by atoms with Crippen molar-refractivity contribution in [1.82, 2.24) is 9.97 Å². The highest BCUT2D eigenvalue weighted by atomic mass is 28.3. The average Bonchev–Trinajstić information content (AvgIpc) is 2.89. The molecule has 0 bridgehead atoms. The van der Waals surface area contributed by atoms with Crippen LogP contribution in [0.25, 0.3) is 38.0 Å². The molecule has 0 atom stereocenters. The Kier molecular flexibility index (Phi) is 2.97. The van der Waals surface area contributed by atoms with E-state index in [9.17, 15) is 0 Å². The Labute approximate surface area is 136 Å². The van der Waals surface area contributed by atoms with Gasteiger partial charge in [0.25, 0.3) is 0 Å². The van der Waals surface area contributed by atoms with E-state index in [4.69, 9.17) is 4.98 Å². The van der Waals surface area contributed by atoms with E-state index < -0.39 is 8.07 Å². The number of hydrogen-bond acceptors (Lipinski definition) is 1. The van der Waals surface area contributed by atoms with Crippen LogP contribution in [-0.2, 0) is 0 Å². The fourth-order valence-electron chi connectivity index (χ4n) is 3.19. The highest BCUT2D eigenvalue weighted by Crippen LogP contribution is 2.38. The topological polar surface area (TPSA) is 28.7 Å². The summed E-state index contributed by atoms with van der Waals surface area (Å²) in [5.74, 6) is 0. The molecule has 2 heterocycles. The zero-order chi connectivity index (χ0) is 16.2. The molecule has 3 heteroatoms. The number of benzene rings is 2. The SMILES string of the molecule is C=C(c1c2ccccc2nc2[nH]c3ccccc3c12)[Si](C)(C)C. The number of H-pyrrole nitrogens is 1. The molecule has 2 aromatic heterocycles. The quantitative estimate of drug-likeness (QED) is 0.468. The molecule has 114 valence electrons. The number of nitrogens with zero attached hydrogens (tertiary/aromatic N) is 1. The first-order chi connectivity index (χ1) is 11.0. The summed E-state index contributed by atoms with van der Waals surface area (Å²) in [6.07, 6.45) is 0. The minimum absolute atomic E-state index is 0.958. The van der Waals surface area contributed by atoms with Crippen molar-refractivity contribution in [3.8, 4) is 0 Å². The summed E-state index contributed by atoms with van der Waals surface area (Å²) in [5, 5.41) is 4.94. The van der Waals surface area contributed by atoms with Crippen LogP contribution < -0.4 is 0 Å². The van der Waals surface area contributed by atoms with Crippen molar-refractivity contribution in [2.45, 2.75) is 19.6 Å². The van der Waals surface area contributed by atoms with E-state index in [1.165, 1.54) is 26.9 Å². The zero-order valence-electron chi connectivity index (χ0n) is 13.8. The highest BCUT2D eigenvalue weighted by molar-refractivity contribution is 6.94. The Morgan fingerprint density at radius 2 is 1.61 bits per heavy atom. The summed E-state index contributed by atoms with van der Waals surface area (Å²) in [7, 11) is -1.53. The maximum atomic E-state index is 4.86. The molecule has 0 amide bonds. The average molecular weight is 316 g/mol. The molecular formula is C20H20N2Si. The Morgan fingerprint density at radius 3 is 2.35 bits per heavy atom. The van der Waals surface area contributed by atoms with Gasteiger partial charge in [-0.25, -0.2) is 4.98 Å². The summed E-state index contributed by atoms with van der Waals surface area (Å²) in [6, 6.07) is 16.8. The van der Waals surface area contributed by atoms with Crippen LogP contribution in [0.1, 0.15) is 5.56 Å². The summed E-state index contributed by atoms with van der Waals surface area (Å²) in [6.45, 7) is 11.6. The summed E-state index contributed by atoms with van der Waals surface area (Å²) >= 11 is 0. The second-order valence-corrected chi connectivity index (χ2v) is 12.2. The largest absolute Gasteiger partial charge is 0.339 e.